The molecule has 0 bridgehead atoms. The van der Waals surface area contributed by atoms with Crippen molar-refractivity contribution in [2.24, 2.45) is 0 Å². The SMILES string of the molecule is CC(C)c1c(NC(=O)C(=O)NC2(C3CCCCO3)CCC2)cnn1-c1ccc(Cl)cc1. The highest BCUT2D eigenvalue weighted by molar-refractivity contribution is 6.39. The van der Waals surface area contributed by atoms with E-state index in [0.29, 0.717) is 10.7 Å². The summed E-state index contributed by atoms with van der Waals surface area (Å²) in [5.74, 6) is -1.23. The van der Waals surface area contributed by atoms with Gasteiger partial charge < -0.3 is 15.4 Å². The van der Waals surface area contributed by atoms with Crippen LogP contribution in [-0.2, 0) is 14.3 Å². The van der Waals surface area contributed by atoms with Crippen LogP contribution in [0.4, 0.5) is 5.69 Å². The number of anilines is 1. The van der Waals surface area contributed by atoms with Crippen molar-refractivity contribution < 1.29 is 14.3 Å². The number of benzene rings is 1. The number of aromatic nitrogens is 2. The van der Waals surface area contributed by atoms with Gasteiger partial charge in [-0.3, -0.25) is 9.59 Å². The molecule has 1 saturated carbocycles. The monoisotopic (exact) mass is 444 g/mol. The third kappa shape index (κ3) is 4.48. The largest absolute Gasteiger partial charge is 0.376 e. The molecule has 1 aliphatic carbocycles. The summed E-state index contributed by atoms with van der Waals surface area (Å²) in [6, 6.07) is 7.31. The Morgan fingerprint density at radius 1 is 1.16 bits per heavy atom. The quantitative estimate of drug-likeness (QED) is 0.677. The van der Waals surface area contributed by atoms with Crippen LogP contribution in [0.15, 0.2) is 30.5 Å². The Kier molecular flexibility index (Phi) is 6.34. The summed E-state index contributed by atoms with van der Waals surface area (Å²) >= 11 is 6.00. The van der Waals surface area contributed by atoms with E-state index < -0.39 is 17.4 Å². The van der Waals surface area contributed by atoms with Crippen LogP contribution in [0.3, 0.4) is 0 Å². The Labute approximate surface area is 187 Å². The molecule has 0 spiro atoms. The van der Waals surface area contributed by atoms with Crippen molar-refractivity contribution in [1.82, 2.24) is 15.1 Å². The van der Waals surface area contributed by atoms with Gasteiger partial charge in [-0.15, -0.1) is 0 Å². The zero-order valence-electron chi connectivity index (χ0n) is 18.0. The van der Waals surface area contributed by atoms with Gasteiger partial charge >= 0.3 is 11.8 Å². The molecule has 2 heterocycles. The number of carbonyl (C=O) groups excluding carboxylic acids is 2. The standard InChI is InChI=1S/C23H29ClN4O3/c1-15(2)20-18(14-25-28(20)17-9-7-16(24)8-10-17)26-21(29)22(30)27-23(11-5-12-23)19-6-3-4-13-31-19/h7-10,14-15,19H,3-6,11-13H2,1-2H3,(H,26,29)(H,27,30). The maximum absolute atomic E-state index is 12.8. The van der Waals surface area contributed by atoms with E-state index >= 15 is 0 Å². The first kappa shape index (κ1) is 21.8. The molecule has 1 unspecified atom stereocenters. The highest BCUT2D eigenvalue weighted by Gasteiger charge is 2.47. The molecular weight excluding hydrogens is 416 g/mol. The van der Waals surface area contributed by atoms with E-state index in [1.54, 1.807) is 23.0 Å². The van der Waals surface area contributed by atoms with Gasteiger partial charge in [0.05, 0.1) is 34.9 Å². The van der Waals surface area contributed by atoms with Crippen LogP contribution in [-0.4, -0.2) is 39.8 Å². The number of hydrogen-bond acceptors (Lipinski definition) is 4. The molecule has 2 amide bonds. The summed E-state index contributed by atoms with van der Waals surface area (Å²) < 4.78 is 7.69. The topological polar surface area (TPSA) is 85.2 Å². The molecule has 0 radical (unpaired) electrons. The molecule has 2 fully saturated rings. The van der Waals surface area contributed by atoms with Crippen molar-refractivity contribution in [1.29, 1.82) is 0 Å². The van der Waals surface area contributed by atoms with Gasteiger partial charge in [-0.1, -0.05) is 25.4 Å². The van der Waals surface area contributed by atoms with Crippen LogP contribution >= 0.6 is 11.6 Å². The second-order valence-electron chi connectivity index (χ2n) is 8.76. The van der Waals surface area contributed by atoms with Crippen LogP contribution in [0.2, 0.25) is 5.02 Å². The number of hydrogen-bond donors (Lipinski definition) is 2. The predicted molar refractivity (Wildman–Crippen MR) is 120 cm³/mol. The first-order valence-corrected chi connectivity index (χ1v) is 11.4. The van der Waals surface area contributed by atoms with Crippen LogP contribution in [0, 0.1) is 0 Å². The van der Waals surface area contributed by atoms with Gasteiger partial charge in [0.1, 0.15) is 0 Å². The smallest absolute Gasteiger partial charge is 0.313 e. The normalized spacial score (nSPS) is 20.2. The Morgan fingerprint density at radius 2 is 1.90 bits per heavy atom. The highest BCUT2D eigenvalue weighted by Crippen LogP contribution is 2.39. The van der Waals surface area contributed by atoms with E-state index in [9.17, 15) is 9.59 Å². The summed E-state index contributed by atoms with van der Waals surface area (Å²) in [4.78, 5) is 25.5. The van der Waals surface area contributed by atoms with Crippen LogP contribution in [0.1, 0.15) is 64.0 Å². The highest BCUT2D eigenvalue weighted by atomic mass is 35.5. The lowest BCUT2D eigenvalue weighted by atomic mass is 9.70. The maximum Gasteiger partial charge on any atom is 0.313 e. The lowest BCUT2D eigenvalue weighted by Gasteiger charge is -2.48. The van der Waals surface area contributed by atoms with Gasteiger partial charge in [0, 0.05) is 11.6 Å². The van der Waals surface area contributed by atoms with Gasteiger partial charge in [-0.2, -0.15) is 5.10 Å². The maximum atomic E-state index is 12.8. The molecular formula is C23H29ClN4O3. The third-order valence-corrected chi connectivity index (χ3v) is 6.54. The third-order valence-electron chi connectivity index (χ3n) is 6.28. The minimum absolute atomic E-state index is 0.00868. The summed E-state index contributed by atoms with van der Waals surface area (Å²) in [6.45, 7) is 4.75. The van der Waals surface area contributed by atoms with Gasteiger partial charge in [0.25, 0.3) is 0 Å². The van der Waals surface area contributed by atoms with E-state index in [1.807, 2.05) is 26.0 Å². The molecule has 1 aliphatic heterocycles. The first-order valence-electron chi connectivity index (χ1n) is 11.0. The van der Waals surface area contributed by atoms with E-state index in [1.165, 1.54) is 0 Å². The average molecular weight is 445 g/mol. The number of ether oxygens (including phenoxy) is 1. The van der Waals surface area contributed by atoms with E-state index in [4.69, 9.17) is 16.3 Å². The van der Waals surface area contributed by atoms with E-state index in [0.717, 1.165) is 56.5 Å². The van der Waals surface area contributed by atoms with Gasteiger partial charge in [0.2, 0.25) is 0 Å². The lowest BCUT2D eigenvalue weighted by Crippen LogP contribution is -2.63. The minimum atomic E-state index is -0.681. The summed E-state index contributed by atoms with van der Waals surface area (Å²) in [5.41, 5.74) is 1.77. The first-order chi connectivity index (χ1) is 14.9. The van der Waals surface area contributed by atoms with Crippen molar-refractivity contribution in [3.05, 3.63) is 41.2 Å². The lowest BCUT2D eigenvalue weighted by molar-refractivity contribution is -0.142. The molecule has 1 aromatic heterocycles. The second-order valence-corrected chi connectivity index (χ2v) is 9.20. The fourth-order valence-electron chi connectivity index (χ4n) is 4.52. The van der Waals surface area contributed by atoms with Crippen molar-refractivity contribution in [2.75, 3.05) is 11.9 Å². The molecule has 2 N–H and O–H groups in total. The number of nitrogens with zero attached hydrogens (tertiary/aromatic N) is 2. The number of carbonyl (C=O) groups is 2. The Hall–Kier alpha value is -2.38. The van der Waals surface area contributed by atoms with Gasteiger partial charge in [-0.05, 0) is 68.7 Å². The Morgan fingerprint density at radius 3 is 2.48 bits per heavy atom. The van der Waals surface area contributed by atoms with Gasteiger partial charge in [-0.25, -0.2) is 4.68 Å². The molecule has 4 rings (SSSR count). The fourth-order valence-corrected chi connectivity index (χ4v) is 4.65. The molecule has 7 nitrogen and oxygen atoms in total. The molecule has 1 saturated heterocycles. The van der Waals surface area contributed by atoms with Crippen molar-refractivity contribution in [3.8, 4) is 5.69 Å². The molecule has 2 aliphatic rings. The summed E-state index contributed by atoms with van der Waals surface area (Å²) in [6.07, 6.45) is 7.38. The summed E-state index contributed by atoms with van der Waals surface area (Å²) in [5, 5.41) is 10.8. The molecule has 1 aromatic carbocycles. The molecule has 2 aromatic rings. The molecule has 8 heteroatoms. The van der Waals surface area contributed by atoms with E-state index in [-0.39, 0.29) is 12.0 Å². The fraction of sp³-hybridized carbons (Fsp3) is 0.522. The van der Waals surface area contributed by atoms with Crippen molar-refractivity contribution in [3.63, 3.8) is 0 Å². The van der Waals surface area contributed by atoms with Crippen molar-refractivity contribution >= 4 is 29.1 Å². The predicted octanol–water partition coefficient (Wildman–Crippen LogP) is 4.20. The number of rotatable bonds is 5. The van der Waals surface area contributed by atoms with Crippen molar-refractivity contribution in [2.45, 2.75) is 69.9 Å². The Bertz CT molecular complexity index is 944. The van der Waals surface area contributed by atoms with Crippen LogP contribution in [0.25, 0.3) is 5.69 Å². The summed E-state index contributed by atoms with van der Waals surface area (Å²) in [7, 11) is 0. The number of nitrogens with one attached hydrogen (secondary N) is 2. The van der Waals surface area contributed by atoms with Gasteiger partial charge in [0.15, 0.2) is 0 Å². The number of halogens is 1. The van der Waals surface area contributed by atoms with Crippen LogP contribution < -0.4 is 10.6 Å². The van der Waals surface area contributed by atoms with E-state index in [2.05, 4.69) is 15.7 Å². The average Bonchev–Trinajstić information content (AvgIpc) is 3.15. The zero-order chi connectivity index (χ0) is 22.0. The zero-order valence-corrected chi connectivity index (χ0v) is 18.7. The molecule has 1 atom stereocenters. The Balaban J connectivity index is 1.49. The molecule has 31 heavy (non-hydrogen) atoms. The minimum Gasteiger partial charge on any atom is -0.376 e. The van der Waals surface area contributed by atoms with Crippen LogP contribution in [0.5, 0.6) is 0 Å². The number of amides is 2. The second kappa shape index (κ2) is 9.01. The molecule has 166 valence electrons.